The first-order valence-corrected chi connectivity index (χ1v) is 25.6. The highest BCUT2D eigenvalue weighted by molar-refractivity contribution is 5.70. The lowest BCUT2D eigenvalue weighted by Crippen LogP contribution is -2.20. The van der Waals surface area contributed by atoms with Gasteiger partial charge in [0.05, 0.1) is 39.5 Å². The summed E-state index contributed by atoms with van der Waals surface area (Å²) in [4.78, 5) is 38.9. The van der Waals surface area contributed by atoms with Crippen molar-refractivity contribution in [2.24, 2.45) is 5.92 Å². The van der Waals surface area contributed by atoms with Crippen molar-refractivity contribution in [3.63, 3.8) is 0 Å². The molecule has 0 radical (unpaired) electrons. The van der Waals surface area contributed by atoms with Gasteiger partial charge in [-0.05, 0) is 58.5 Å². The molecule has 0 aromatic heterocycles. The molecule has 0 saturated heterocycles. The van der Waals surface area contributed by atoms with Gasteiger partial charge in [-0.25, -0.2) is 0 Å². The number of likely N-dealkylation sites (N-methyl/N-ethyl adjacent to an activating group) is 1. The van der Waals surface area contributed by atoms with Crippen LogP contribution in [0.2, 0.25) is 0 Å². The lowest BCUT2D eigenvalue weighted by Gasteiger charge is -2.17. The van der Waals surface area contributed by atoms with Crippen LogP contribution in [0.4, 0.5) is 0 Å². The number of carbonyl (C=O) groups is 3. The Kier molecular flexibility index (Phi) is 46.0. The molecule has 0 aliphatic rings. The van der Waals surface area contributed by atoms with Crippen molar-refractivity contribution >= 4 is 17.9 Å². The van der Waals surface area contributed by atoms with E-state index in [1.165, 1.54) is 116 Å². The number of nitrogens with zero attached hydrogens (tertiary/aromatic N) is 1. The van der Waals surface area contributed by atoms with Crippen molar-refractivity contribution in [2.75, 3.05) is 53.7 Å². The summed E-state index contributed by atoms with van der Waals surface area (Å²) in [6.45, 7) is 8.00. The minimum Gasteiger partial charge on any atom is -0.466 e. The zero-order valence-electron chi connectivity index (χ0n) is 39.8. The van der Waals surface area contributed by atoms with E-state index in [1.807, 2.05) is 14.1 Å². The van der Waals surface area contributed by atoms with Crippen molar-refractivity contribution in [1.29, 1.82) is 0 Å². The normalized spacial score (nSPS) is 11.5. The third-order valence-corrected chi connectivity index (χ3v) is 11.6. The van der Waals surface area contributed by atoms with Crippen molar-refractivity contribution in [3.05, 3.63) is 0 Å². The number of ether oxygens (including phenoxy) is 4. The molecule has 0 N–H and O–H groups in total. The van der Waals surface area contributed by atoms with Gasteiger partial charge in [-0.15, -0.1) is 0 Å². The summed E-state index contributed by atoms with van der Waals surface area (Å²) in [7, 11) is 4.01. The molecule has 0 aliphatic carbocycles. The number of hydrogen-bond donors (Lipinski definition) is 0. The van der Waals surface area contributed by atoms with E-state index in [1.54, 1.807) is 0 Å². The Bertz CT molecular complexity index is 843. The van der Waals surface area contributed by atoms with Crippen LogP contribution in [0.3, 0.4) is 0 Å². The molecular formula is C51H99NO7. The lowest BCUT2D eigenvalue weighted by atomic mass is 9.94. The largest absolute Gasteiger partial charge is 0.466 e. The van der Waals surface area contributed by atoms with E-state index in [0.29, 0.717) is 58.2 Å². The van der Waals surface area contributed by atoms with Gasteiger partial charge in [0, 0.05) is 19.4 Å². The van der Waals surface area contributed by atoms with E-state index >= 15 is 0 Å². The smallest absolute Gasteiger partial charge is 0.308 e. The average molecular weight is 838 g/mol. The third kappa shape index (κ3) is 47.2. The second-order valence-electron chi connectivity index (χ2n) is 17.8. The molecule has 0 amide bonds. The molecule has 59 heavy (non-hydrogen) atoms. The minimum absolute atomic E-state index is 0.0446. The predicted octanol–water partition coefficient (Wildman–Crippen LogP) is 14.3. The molecule has 350 valence electrons. The molecule has 0 rings (SSSR count). The summed E-state index contributed by atoms with van der Waals surface area (Å²) in [5.74, 6) is 0.101. The SMILES string of the molecule is CCCCCCCCCCCCCOC(=O)CCCCCCCC(CCCCCCCC(=O)OCCCCCCCCCCCCC)COC(=O)CCOCCN(C)C. The summed E-state index contributed by atoms with van der Waals surface area (Å²) in [6.07, 6.45) is 42.6. The number of unbranched alkanes of at least 4 members (excludes halogenated alkanes) is 28. The molecular weight excluding hydrogens is 739 g/mol. The van der Waals surface area contributed by atoms with Crippen LogP contribution >= 0.6 is 0 Å². The molecule has 0 heterocycles. The van der Waals surface area contributed by atoms with Crippen LogP contribution in [-0.4, -0.2) is 76.5 Å². The summed E-state index contributed by atoms with van der Waals surface area (Å²) in [5.41, 5.74) is 0. The van der Waals surface area contributed by atoms with Gasteiger partial charge in [-0.1, -0.05) is 194 Å². The second kappa shape index (κ2) is 47.4. The number of rotatable bonds is 48. The first-order valence-electron chi connectivity index (χ1n) is 25.6. The van der Waals surface area contributed by atoms with E-state index < -0.39 is 0 Å². The van der Waals surface area contributed by atoms with Crippen LogP contribution in [0.1, 0.15) is 251 Å². The lowest BCUT2D eigenvalue weighted by molar-refractivity contribution is -0.146. The standard InChI is InChI=1S/C51H99NO7/c1-5-7-9-11-13-15-17-19-21-29-35-43-57-49(53)39-33-27-23-25-31-37-48(47-59-51(55)41-45-56-46-42-52(3)4)38-32-26-24-28-34-40-50(54)58-44-36-30-22-20-18-16-14-12-10-8-6-2/h48H,5-47H2,1-4H3. The van der Waals surface area contributed by atoms with Crippen molar-refractivity contribution in [2.45, 2.75) is 251 Å². The van der Waals surface area contributed by atoms with Crippen LogP contribution in [0.5, 0.6) is 0 Å². The average Bonchev–Trinajstić information content (AvgIpc) is 3.22. The quantitative estimate of drug-likeness (QED) is 0.0340. The van der Waals surface area contributed by atoms with Crippen LogP contribution in [0.25, 0.3) is 0 Å². The maximum absolute atomic E-state index is 12.4. The van der Waals surface area contributed by atoms with E-state index in [2.05, 4.69) is 18.7 Å². The molecule has 0 spiro atoms. The van der Waals surface area contributed by atoms with Crippen LogP contribution in [0, 0.1) is 5.92 Å². The number of carbonyl (C=O) groups excluding carboxylic acids is 3. The van der Waals surface area contributed by atoms with Gasteiger partial charge in [0.2, 0.25) is 0 Å². The van der Waals surface area contributed by atoms with Gasteiger partial charge in [-0.2, -0.15) is 0 Å². The van der Waals surface area contributed by atoms with Gasteiger partial charge < -0.3 is 23.8 Å². The Labute approximate surface area is 366 Å². The van der Waals surface area contributed by atoms with Crippen molar-refractivity contribution in [1.82, 2.24) is 4.90 Å². The molecule has 0 aromatic carbocycles. The fourth-order valence-electron chi connectivity index (χ4n) is 7.61. The van der Waals surface area contributed by atoms with E-state index in [9.17, 15) is 14.4 Å². The highest BCUT2D eigenvalue weighted by atomic mass is 16.5. The Balaban J connectivity index is 4.08. The summed E-state index contributed by atoms with van der Waals surface area (Å²) in [5, 5.41) is 0. The monoisotopic (exact) mass is 838 g/mol. The van der Waals surface area contributed by atoms with Crippen molar-refractivity contribution in [3.8, 4) is 0 Å². The van der Waals surface area contributed by atoms with Gasteiger partial charge in [0.25, 0.3) is 0 Å². The predicted molar refractivity (Wildman–Crippen MR) is 248 cm³/mol. The zero-order valence-corrected chi connectivity index (χ0v) is 39.8. The van der Waals surface area contributed by atoms with E-state index in [0.717, 1.165) is 109 Å². The van der Waals surface area contributed by atoms with E-state index in [4.69, 9.17) is 18.9 Å². The molecule has 0 atom stereocenters. The Morgan fingerprint density at radius 1 is 0.373 bits per heavy atom. The fourth-order valence-corrected chi connectivity index (χ4v) is 7.61. The minimum atomic E-state index is -0.175. The Hall–Kier alpha value is -1.67. The van der Waals surface area contributed by atoms with Gasteiger partial charge in [0.15, 0.2) is 0 Å². The highest BCUT2D eigenvalue weighted by Crippen LogP contribution is 2.21. The number of esters is 3. The highest BCUT2D eigenvalue weighted by Gasteiger charge is 2.13. The molecule has 0 bridgehead atoms. The summed E-state index contributed by atoms with van der Waals surface area (Å²) in [6, 6.07) is 0. The van der Waals surface area contributed by atoms with Crippen LogP contribution in [-0.2, 0) is 33.3 Å². The van der Waals surface area contributed by atoms with Crippen LogP contribution < -0.4 is 0 Å². The topological polar surface area (TPSA) is 91.4 Å². The molecule has 0 aromatic rings. The van der Waals surface area contributed by atoms with Gasteiger partial charge in [0.1, 0.15) is 0 Å². The second-order valence-corrected chi connectivity index (χ2v) is 17.8. The summed E-state index contributed by atoms with van der Waals surface area (Å²) >= 11 is 0. The molecule has 8 heteroatoms. The van der Waals surface area contributed by atoms with Gasteiger partial charge in [-0.3, -0.25) is 14.4 Å². The fraction of sp³-hybridized carbons (Fsp3) is 0.941. The van der Waals surface area contributed by atoms with Crippen molar-refractivity contribution < 1.29 is 33.3 Å². The maximum Gasteiger partial charge on any atom is 0.308 e. The molecule has 0 unspecified atom stereocenters. The summed E-state index contributed by atoms with van der Waals surface area (Å²) < 4.78 is 22.3. The zero-order chi connectivity index (χ0) is 43.1. The third-order valence-electron chi connectivity index (χ3n) is 11.6. The molecule has 0 saturated carbocycles. The molecule has 0 fully saturated rings. The van der Waals surface area contributed by atoms with E-state index in [-0.39, 0.29) is 17.9 Å². The number of hydrogen-bond acceptors (Lipinski definition) is 8. The molecule has 8 nitrogen and oxygen atoms in total. The van der Waals surface area contributed by atoms with Gasteiger partial charge >= 0.3 is 17.9 Å². The molecule has 0 aliphatic heterocycles. The Morgan fingerprint density at radius 2 is 0.712 bits per heavy atom. The Morgan fingerprint density at radius 3 is 1.10 bits per heavy atom. The first kappa shape index (κ1) is 57.3. The maximum atomic E-state index is 12.4. The van der Waals surface area contributed by atoms with Crippen LogP contribution in [0.15, 0.2) is 0 Å². The first-order chi connectivity index (χ1) is 28.9.